The van der Waals surface area contributed by atoms with Crippen molar-refractivity contribution in [3.63, 3.8) is 0 Å². The number of carbonyl (C=O) groups is 1. The van der Waals surface area contributed by atoms with E-state index >= 15 is 0 Å². The molecule has 0 aliphatic rings. The summed E-state index contributed by atoms with van der Waals surface area (Å²) in [6, 6.07) is 1.21. The van der Waals surface area contributed by atoms with Gasteiger partial charge in [-0.1, -0.05) is 38.3 Å². The predicted octanol–water partition coefficient (Wildman–Crippen LogP) is 2.81. The predicted molar refractivity (Wildman–Crippen MR) is 72.3 cm³/mol. The minimum absolute atomic E-state index is 0.0540. The third kappa shape index (κ3) is 4.17. The quantitative estimate of drug-likeness (QED) is 0.495. The smallest absolute Gasteiger partial charge is 0.300 e. The minimum atomic E-state index is -0.643. The zero-order chi connectivity index (χ0) is 14.4. The van der Waals surface area contributed by atoms with Crippen molar-refractivity contribution < 1.29 is 9.72 Å². The van der Waals surface area contributed by atoms with Crippen LogP contribution in [0.3, 0.4) is 0 Å². The average Bonchev–Trinajstić information content (AvgIpc) is 2.39. The number of nitrogens with zero attached hydrogens (tertiary/aromatic N) is 2. The van der Waals surface area contributed by atoms with Crippen LogP contribution in [0.5, 0.6) is 0 Å². The molecule has 1 amide bonds. The minimum Gasteiger partial charge on any atom is -0.352 e. The molecular formula is C12H16ClN3O3. The van der Waals surface area contributed by atoms with Crippen molar-refractivity contribution in [1.29, 1.82) is 0 Å². The Bertz CT molecular complexity index is 475. The van der Waals surface area contributed by atoms with E-state index in [9.17, 15) is 14.9 Å². The molecule has 1 aromatic heterocycles. The lowest BCUT2D eigenvalue weighted by Crippen LogP contribution is -2.29. The molecule has 1 rings (SSSR count). The first-order valence-electron chi connectivity index (χ1n) is 6.07. The van der Waals surface area contributed by atoms with Crippen LogP contribution in [0.15, 0.2) is 12.3 Å². The number of aromatic nitrogens is 1. The van der Waals surface area contributed by atoms with E-state index < -0.39 is 10.8 Å². The molecule has 0 bridgehead atoms. The Morgan fingerprint density at radius 3 is 2.68 bits per heavy atom. The number of nitrogens with one attached hydrogen (secondary N) is 1. The van der Waals surface area contributed by atoms with E-state index in [2.05, 4.69) is 10.3 Å². The summed E-state index contributed by atoms with van der Waals surface area (Å²) in [6.07, 6.45) is 2.88. The normalized spacial score (nSPS) is 10.5. The number of pyridine rings is 1. The molecule has 0 fully saturated rings. The van der Waals surface area contributed by atoms with Gasteiger partial charge in [-0.3, -0.25) is 14.9 Å². The van der Waals surface area contributed by atoms with E-state index in [1.54, 1.807) is 0 Å². The van der Waals surface area contributed by atoms with E-state index in [0.717, 1.165) is 19.0 Å². The second kappa shape index (κ2) is 7.04. The highest BCUT2D eigenvalue weighted by atomic mass is 35.5. The Hall–Kier alpha value is -1.69. The Morgan fingerprint density at radius 2 is 2.16 bits per heavy atom. The van der Waals surface area contributed by atoms with Crippen molar-refractivity contribution in [2.45, 2.75) is 26.7 Å². The molecule has 104 valence electrons. The topological polar surface area (TPSA) is 85.1 Å². The zero-order valence-corrected chi connectivity index (χ0v) is 11.6. The van der Waals surface area contributed by atoms with Gasteiger partial charge in [0.25, 0.3) is 11.6 Å². The van der Waals surface area contributed by atoms with Gasteiger partial charge in [-0.2, -0.15) is 0 Å². The SMILES string of the molecule is CCC(CC)CNC(=O)c1cc(Cl)ncc1[N+](=O)[O-]. The number of hydrogen-bond donors (Lipinski definition) is 1. The van der Waals surface area contributed by atoms with Gasteiger partial charge in [-0.25, -0.2) is 4.98 Å². The summed E-state index contributed by atoms with van der Waals surface area (Å²) in [7, 11) is 0. The molecule has 0 aliphatic carbocycles. The lowest BCUT2D eigenvalue weighted by Gasteiger charge is -2.13. The van der Waals surface area contributed by atoms with Crippen LogP contribution in [0.2, 0.25) is 5.15 Å². The molecule has 1 aromatic rings. The standard InChI is InChI=1S/C12H16ClN3O3/c1-3-8(4-2)6-15-12(17)9-5-11(13)14-7-10(9)16(18)19/h5,7-8H,3-4,6H2,1-2H3,(H,15,17). The monoisotopic (exact) mass is 285 g/mol. The summed E-state index contributed by atoms with van der Waals surface area (Å²) in [6.45, 7) is 4.56. The van der Waals surface area contributed by atoms with E-state index in [1.165, 1.54) is 6.07 Å². The first-order chi connectivity index (χ1) is 8.99. The fraction of sp³-hybridized carbons (Fsp3) is 0.500. The number of nitro groups is 1. The van der Waals surface area contributed by atoms with Crippen molar-refractivity contribution in [3.8, 4) is 0 Å². The third-order valence-electron chi connectivity index (χ3n) is 3.00. The summed E-state index contributed by atoms with van der Waals surface area (Å²) < 4.78 is 0. The third-order valence-corrected chi connectivity index (χ3v) is 3.20. The van der Waals surface area contributed by atoms with Crippen LogP contribution in [0.4, 0.5) is 5.69 Å². The first kappa shape index (κ1) is 15.4. The highest BCUT2D eigenvalue weighted by Gasteiger charge is 2.21. The fourth-order valence-electron chi connectivity index (χ4n) is 1.66. The van der Waals surface area contributed by atoms with Crippen LogP contribution in [-0.2, 0) is 0 Å². The molecule has 7 heteroatoms. The Labute approximate surface area is 116 Å². The van der Waals surface area contributed by atoms with Gasteiger partial charge < -0.3 is 5.32 Å². The molecule has 1 heterocycles. The van der Waals surface area contributed by atoms with Crippen molar-refractivity contribution in [2.75, 3.05) is 6.54 Å². The summed E-state index contributed by atoms with van der Waals surface area (Å²) >= 11 is 5.67. The summed E-state index contributed by atoms with van der Waals surface area (Å²) in [5.74, 6) is -0.136. The van der Waals surface area contributed by atoms with Gasteiger partial charge in [0.2, 0.25) is 0 Å². The van der Waals surface area contributed by atoms with Gasteiger partial charge in [-0.05, 0) is 12.0 Å². The van der Waals surface area contributed by atoms with Gasteiger partial charge in [0.1, 0.15) is 16.9 Å². The summed E-state index contributed by atoms with van der Waals surface area (Å²) in [4.78, 5) is 25.8. The second-order valence-electron chi connectivity index (χ2n) is 4.17. The molecule has 0 saturated carbocycles. The van der Waals surface area contributed by atoms with Gasteiger partial charge in [-0.15, -0.1) is 0 Å². The first-order valence-corrected chi connectivity index (χ1v) is 6.45. The largest absolute Gasteiger partial charge is 0.352 e. The number of hydrogen-bond acceptors (Lipinski definition) is 4. The molecule has 0 spiro atoms. The molecular weight excluding hydrogens is 270 g/mol. The molecule has 1 N–H and O–H groups in total. The molecule has 0 aliphatic heterocycles. The van der Waals surface area contributed by atoms with Crippen LogP contribution in [0.1, 0.15) is 37.0 Å². The van der Waals surface area contributed by atoms with Crippen LogP contribution in [0, 0.1) is 16.0 Å². The number of amides is 1. The van der Waals surface area contributed by atoms with Crippen molar-refractivity contribution in [1.82, 2.24) is 10.3 Å². The van der Waals surface area contributed by atoms with Crippen LogP contribution < -0.4 is 5.32 Å². The van der Waals surface area contributed by atoms with Crippen LogP contribution >= 0.6 is 11.6 Å². The molecule has 19 heavy (non-hydrogen) atoms. The Kier molecular flexibility index (Phi) is 5.69. The van der Waals surface area contributed by atoms with Crippen LogP contribution in [0.25, 0.3) is 0 Å². The van der Waals surface area contributed by atoms with Crippen molar-refractivity contribution >= 4 is 23.2 Å². The Balaban J connectivity index is 2.87. The zero-order valence-electron chi connectivity index (χ0n) is 10.9. The van der Waals surface area contributed by atoms with Gasteiger partial charge in [0.05, 0.1) is 4.92 Å². The molecule has 0 saturated heterocycles. The number of halogens is 1. The maximum absolute atomic E-state index is 12.0. The van der Waals surface area contributed by atoms with E-state index in [4.69, 9.17) is 11.6 Å². The summed E-state index contributed by atoms with van der Waals surface area (Å²) in [5.41, 5.74) is -0.401. The number of carbonyl (C=O) groups excluding carboxylic acids is 1. The maximum Gasteiger partial charge on any atom is 0.300 e. The van der Waals surface area contributed by atoms with Gasteiger partial charge >= 0.3 is 0 Å². The average molecular weight is 286 g/mol. The van der Waals surface area contributed by atoms with E-state index in [0.29, 0.717) is 12.5 Å². The number of rotatable bonds is 6. The second-order valence-corrected chi connectivity index (χ2v) is 4.56. The lowest BCUT2D eigenvalue weighted by atomic mass is 10.0. The van der Waals surface area contributed by atoms with Crippen LogP contribution in [-0.4, -0.2) is 22.4 Å². The Morgan fingerprint density at radius 1 is 1.53 bits per heavy atom. The summed E-state index contributed by atoms with van der Waals surface area (Å²) in [5, 5.41) is 13.6. The highest BCUT2D eigenvalue weighted by molar-refractivity contribution is 6.29. The van der Waals surface area contributed by atoms with Gasteiger partial charge in [0, 0.05) is 6.54 Å². The highest BCUT2D eigenvalue weighted by Crippen LogP contribution is 2.20. The van der Waals surface area contributed by atoms with Crippen molar-refractivity contribution in [2.24, 2.45) is 5.92 Å². The maximum atomic E-state index is 12.0. The molecule has 0 atom stereocenters. The van der Waals surface area contributed by atoms with Crippen molar-refractivity contribution in [3.05, 3.63) is 33.1 Å². The van der Waals surface area contributed by atoms with Gasteiger partial charge in [0.15, 0.2) is 0 Å². The molecule has 0 unspecified atom stereocenters. The lowest BCUT2D eigenvalue weighted by molar-refractivity contribution is -0.385. The van der Waals surface area contributed by atoms with E-state index in [1.807, 2.05) is 13.8 Å². The molecule has 0 radical (unpaired) electrons. The fourth-order valence-corrected chi connectivity index (χ4v) is 1.82. The molecule has 0 aromatic carbocycles. The van der Waals surface area contributed by atoms with E-state index in [-0.39, 0.29) is 16.4 Å². The molecule has 6 nitrogen and oxygen atoms in total.